The van der Waals surface area contributed by atoms with Gasteiger partial charge in [0.2, 0.25) is 5.95 Å². The van der Waals surface area contributed by atoms with Crippen LogP contribution < -0.4 is 0 Å². The fraction of sp³-hybridized carbons (Fsp3) is 0. The number of hydrogen-bond acceptors (Lipinski definition) is 2. The fourth-order valence-corrected chi connectivity index (χ4v) is 9.81. The second-order valence-corrected chi connectivity index (χ2v) is 15.8. The van der Waals surface area contributed by atoms with Gasteiger partial charge < -0.3 is 4.57 Å². The molecule has 0 bridgehead atoms. The highest BCUT2D eigenvalue weighted by Crippen LogP contribution is 2.43. The zero-order chi connectivity index (χ0) is 39.3. The molecule has 0 radical (unpaired) electrons. The molecular weight excluding hydrogens is 729 g/mol. The van der Waals surface area contributed by atoms with Crippen LogP contribution >= 0.6 is 0 Å². The summed E-state index contributed by atoms with van der Waals surface area (Å²) in [5, 5.41) is 13.1. The van der Waals surface area contributed by atoms with Crippen molar-refractivity contribution in [3.63, 3.8) is 0 Å². The molecule has 0 saturated carbocycles. The normalized spacial score (nSPS) is 12.0. The van der Waals surface area contributed by atoms with Crippen LogP contribution in [-0.2, 0) is 0 Å². The van der Waals surface area contributed by atoms with E-state index in [1.165, 1.54) is 65.3 Å². The van der Waals surface area contributed by atoms with Crippen LogP contribution in [0.1, 0.15) is 0 Å². The molecule has 13 aromatic rings. The second kappa shape index (κ2) is 12.7. The van der Waals surface area contributed by atoms with Crippen LogP contribution in [0.15, 0.2) is 206 Å². The van der Waals surface area contributed by atoms with Gasteiger partial charge in [0.05, 0.1) is 33.3 Å². The molecule has 0 aliphatic carbocycles. The van der Waals surface area contributed by atoms with E-state index in [1.807, 2.05) is 0 Å². The number of rotatable bonds is 4. The summed E-state index contributed by atoms with van der Waals surface area (Å²) in [6.07, 6.45) is 0. The van der Waals surface area contributed by atoms with Crippen LogP contribution in [0.2, 0.25) is 0 Å². The number of aromatic nitrogens is 4. The molecule has 60 heavy (non-hydrogen) atoms. The predicted molar refractivity (Wildman–Crippen MR) is 252 cm³/mol. The largest absolute Gasteiger partial charge is 0.309 e. The van der Waals surface area contributed by atoms with Crippen molar-refractivity contribution in [2.45, 2.75) is 0 Å². The Morgan fingerprint density at radius 1 is 0.317 bits per heavy atom. The molecule has 4 heteroatoms. The van der Waals surface area contributed by atoms with Crippen LogP contribution in [0.5, 0.6) is 0 Å². The third kappa shape index (κ3) is 4.79. The molecule has 3 heterocycles. The highest BCUT2D eigenvalue weighted by Gasteiger charge is 2.22. The van der Waals surface area contributed by atoms with E-state index in [4.69, 9.17) is 9.97 Å². The van der Waals surface area contributed by atoms with Crippen molar-refractivity contribution in [2.24, 2.45) is 0 Å². The van der Waals surface area contributed by atoms with Gasteiger partial charge in [-0.3, -0.25) is 4.57 Å². The molecule has 3 aromatic heterocycles. The van der Waals surface area contributed by atoms with Crippen LogP contribution in [0.4, 0.5) is 0 Å². The van der Waals surface area contributed by atoms with Crippen molar-refractivity contribution in [2.75, 3.05) is 0 Å². The molecule has 0 saturated heterocycles. The topological polar surface area (TPSA) is 35.6 Å². The van der Waals surface area contributed by atoms with Gasteiger partial charge in [0.15, 0.2) is 0 Å². The number of hydrogen-bond donors (Lipinski definition) is 0. The van der Waals surface area contributed by atoms with E-state index in [2.05, 4.69) is 215 Å². The lowest BCUT2D eigenvalue weighted by Gasteiger charge is -2.15. The first-order valence-electron chi connectivity index (χ1n) is 20.5. The van der Waals surface area contributed by atoms with Gasteiger partial charge in [-0.1, -0.05) is 158 Å². The van der Waals surface area contributed by atoms with Gasteiger partial charge in [0.25, 0.3) is 0 Å². The third-order valence-electron chi connectivity index (χ3n) is 12.5. The number of benzene rings is 10. The standard InChI is InChI=1S/C56H34N4/c1-2-15-39(16-3-1)59-51-24-12-9-19-43(51)45-31-28-37(33-53(45)59)48-34-49-44-20-10-13-25-52(44)60(55(49)46-21-7-6-18-42(46)48)56-57-50-23-11-8-22-47(50)54(58-56)38-29-30-41-36(32-38)27-26-35-14-4-5-17-40(35)41/h1-34H. The zero-order valence-corrected chi connectivity index (χ0v) is 32.4. The summed E-state index contributed by atoms with van der Waals surface area (Å²) in [5.74, 6) is 0.653. The summed E-state index contributed by atoms with van der Waals surface area (Å²) in [4.78, 5) is 10.9. The highest BCUT2D eigenvalue weighted by atomic mass is 15.2. The SMILES string of the molecule is c1ccc(-n2c3ccccc3c3ccc(-c4cc5c6ccccc6n(-c6nc(-c7ccc8c(ccc9ccccc98)c7)c7ccccc7n6)c5c5ccccc45)cc32)cc1. The first-order chi connectivity index (χ1) is 29.8. The number of fused-ring (bicyclic) bond motifs is 12. The molecule has 278 valence electrons. The van der Waals surface area contributed by atoms with E-state index < -0.39 is 0 Å². The second-order valence-electron chi connectivity index (χ2n) is 15.8. The molecule has 0 aliphatic heterocycles. The highest BCUT2D eigenvalue weighted by molar-refractivity contribution is 6.22. The first kappa shape index (κ1) is 32.9. The third-order valence-corrected chi connectivity index (χ3v) is 12.5. The monoisotopic (exact) mass is 762 g/mol. The van der Waals surface area contributed by atoms with Crippen molar-refractivity contribution in [3.8, 4) is 34.0 Å². The maximum absolute atomic E-state index is 5.51. The van der Waals surface area contributed by atoms with Crippen LogP contribution in [0, 0.1) is 0 Å². The Balaban J connectivity index is 1.07. The smallest absolute Gasteiger partial charge is 0.235 e. The summed E-state index contributed by atoms with van der Waals surface area (Å²) in [5.41, 5.74) is 11.0. The van der Waals surface area contributed by atoms with Gasteiger partial charge in [-0.2, -0.15) is 0 Å². The molecule has 0 aliphatic rings. The lowest BCUT2D eigenvalue weighted by molar-refractivity contribution is 1.02. The van der Waals surface area contributed by atoms with Crippen LogP contribution in [0.25, 0.3) is 121 Å². The average Bonchev–Trinajstić information content (AvgIpc) is 3.83. The van der Waals surface area contributed by atoms with Gasteiger partial charge >= 0.3 is 0 Å². The Morgan fingerprint density at radius 2 is 0.900 bits per heavy atom. The molecular formula is C56H34N4. The minimum atomic E-state index is 0.653. The average molecular weight is 763 g/mol. The van der Waals surface area contributed by atoms with E-state index in [9.17, 15) is 0 Å². The molecule has 13 rings (SSSR count). The fourth-order valence-electron chi connectivity index (χ4n) is 9.81. The molecule has 10 aromatic carbocycles. The number of para-hydroxylation sites is 4. The van der Waals surface area contributed by atoms with Crippen molar-refractivity contribution in [3.05, 3.63) is 206 Å². The van der Waals surface area contributed by atoms with Crippen molar-refractivity contribution < 1.29 is 0 Å². The summed E-state index contributed by atoms with van der Waals surface area (Å²) in [7, 11) is 0. The quantitative estimate of drug-likeness (QED) is 0.167. The Hall–Kier alpha value is -8.08. The van der Waals surface area contributed by atoms with Gasteiger partial charge in [0, 0.05) is 43.6 Å². The molecule has 0 unspecified atom stereocenters. The Bertz CT molecular complexity index is 3890. The Labute approximate surface area is 344 Å². The van der Waals surface area contributed by atoms with E-state index in [1.54, 1.807) is 0 Å². The van der Waals surface area contributed by atoms with Crippen molar-refractivity contribution in [1.29, 1.82) is 0 Å². The van der Waals surface area contributed by atoms with E-state index in [0.717, 1.165) is 49.7 Å². The summed E-state index contributed by atoms with van der Waals surface area (Å²) >= 11 is 0. The van der Waals surface area contributed by atoms with E-state index in [-0.39, 0.29) is 0 Å². The summed E-state index contributed by atoms with van der Waals surface area (Å²) in [6, 6.07) is 74.4. The lowest BCUT2D eigenvalue weighted by atomic mass is 9.94. The van der Waals surface area contributed by atoms with Gasteiger partial charge in [-0.25, -0.2) is 9.97 Å². The Morgan fingerprint density at radius 3 is 1.73 bits per heavy atom. The number of nitrogens with zero attached hydrogens (tertiary/aromatic N) is 4. The zero-order valence-electron chi connectivity index (χ0n) is 32.4. The molecule has 0 atom stereocenters. The van der Waals surface area contributed by atoms with Gasteiger partial charge in [-0.05, 0) is 86.6 Å². The minimum Gasteiger partial charge on any atom is -0.309 e. The first-order valence-corrected chi connectivity index (χ1v) is 20.5. The Kier molecular flexibility index (Phi) is 6.98. The molecule has 0 N–H and O–H groups in total. The van der Waals surface area contributed by atoms with Crippen molar-refractivity contribution >= 4 is 86.8 Å². The lowest BCUT2D eigenvalue weighted by Crippen LogP contribution is -2.04. The van der Waals surface area contributed by atoms with Gasteiger partial charge in [-0.15, -0.1) is 0 Å². The molecule has 0 fully saturated rings. The van der Waals surface area contributed by atoms with E-state index in [0.29, 0.717) is 5.95 Å². The minimum absolute atomic E-state index is 0.653. The molecule has 0 amide bonds. The molecule has 0 spiro atoms. The van der Waals surface area contributed by atoms with Crippen LogP contribution in [-0.4, -0.2) is 19.1 Å². The van der Waals surface area contributed by atoms with Gasteiger partial charge in [0.1, 0.15) is 0 Å². The van der Waals surface area contributed by atoms with Crippen LogP contribution in [0.3, 0.4) is 0 Å². The van der Waals surface area contributed by atoms with Crippen molar-refractivity contribution in [1.82, 2.24) is 19.1 Å². The summed E-state index contributed by atoms with van der Waals surface area (Å²) < 4.78 is 4.69. The maximum Gasteiger partial charge on any atom is 0.235 e. The molecule has 4 nitrogen and oxygen atoms in total. The predicted octanol–water partition coefficient (Wildman–Crippen LogP) is 14.6. The maximum atomic E-state index is 5.51. The van der Waals surface area contributed by atoms with E-state index >= 15 is 0 Å². The summed E-state index contributed by atoms with van der Waals surface area (Å²) in [6.45, 7) is 0.